The first-order valence-corrected chi connectivity index (χ1v) is 26.7. The average molecular weight is 978 g/mol. The highest BCUT2D eigenvalue weighted by molar-refractivity contribution is 5.96. The Kier molecular flexibility index (Phi) is 15.7. The molecule has 13 atom stereocenters. The van der Waals surface area contributed by atoms with Crippen molar-refractivity contribution in [2.75, 3.05) is 6.61 Å². The summed E-state index contributed by atoms with van der Waals surface area (Å²) in [7, 11) is 0. The van der Waals surface area contributed by atoms with Crippen LogP contribution in [0.1, 0.15) is 176 Å². The number of hydroxylamine groups is 2. The van der Waals surface area contributed by atoms with Crippen molar-refractivity contribution in [3.05, 3.63) is 41.0 Å². The van der Waals surface area contributed by atoms with Gasteiger partial charge in [0.2, 0.25) is 11.8 Å². The number of unbranched alkanes of at least 4 members (excludes halogenated alkanes) is 4. The topological polar surface area (TPSA) is 195 Å². The molecule has 4 heterocycles. The minimum atomic E-state index is -1.62. The van der Waals surface area contributed by atoms with Crippen molar-refractivity contribution < 1.29 is 57.9 Å². The number of aliphatic hydroxyl groups excluding tert-OH is 2. The highest BCUT2D eigenvalue weighted by atomic mass is 16.8. The van der Waals surface area contributed by atoms with Gasteiger partial charge in [0.25, 0.3) is 0 Å². The Morgan fingerprint density at radius 1 is 0.957 bits per heavy atom. The number of fused-ring (bicyclic) bond motifs is 6. The van der Waals surface area contributed by atoms with E-state index in [1.54, 1.807) is 25.8 Å². The van der Waals surface area contributed by atoms with Crippen LogP contribution in [0.4, 0.5) is 0 Å². The Morgan fingerprint density at radius 3 is 2.31 bits per heavy atom. The van der Waals surface area contributed by atoms with Crippen LogP contribution in [-0.2, 0) is 54.2 Å². The van der Waals surface area contributed by atoms with Gasteiger partial charge in [0.15, 0.2) is 11.8 Å². The van der Waals surface area contributed by atoms with Crippen LogP contribution >= 0.6 is 0 Å². The lowest BCUT2D eigenvalue weighted by atomic mass is 9.52. The quantitative estimate of drug-likeness (QED) is 0.0576. The largest absolute Gasteiger partial charge is 0.460 e. The van der Waals surface area contributed by atoms with Crippen LogP contribution in [0.5, 0.6) is 0 Å². The number of nitrogens with one attached hydrogen (secondary N) is 2. The van der Waals surface area contributed by atoms with E-state index < -0.39 is 95.8 Å². The highest BCUT2D eigenvalue weighted by Gasteiger charge is 2.76. The Hall–Kier alpha value is -3.44. The summed E-state index contributed by atoms with van der Waals surface area (Å²) >= 11 is 0. The number of epoxide rings is 1. The van der Waals surface area contributed by atoms with E-state index in [1.807, 2.05) is 18.2 Å². The molecular formula is C55H83N3O12. The predicted octanol–water partition coefficient (Wildman–Crippen LogP) is 7.37. The van der Waals surface area contributed by atoms with Gasteiger partial charge in [0, 0.05) is 25.7 Å². The number of hydrogen-bond donors (Lipinski definition) is 4. The normalized spacial score (nSPS) is 34.5. The Bertz CT molecular complexity index is 2090. The summed E-state index contributed by atoms with van der Waals surface area (Å²) in [6, 6.07) is 4.54. The van der Waals surface area contributed by atoms with Crippen LogP contribution in [0, 0.1) is 22.7 Å². The zero-order chi connectivity index (χ0) is 50.4. The van der Waals surface area contributed by atoms with Crippen LogP contribution in [0.2, 0.25) is 0 Å². The molecule has 70 heavy (non-hydrogen) atoms. The van der Waals surface area contributed by atoms with E-state index >= 15 is 4.79 Å². The first-order valence-electron chi connectivity index (χ1n) is 26.7. The number of rotatable bonds is 20. The van der Waals surface area contributed by atoms with Gasteiger partial charge in [0.1, 0.15) is 41.5 Å². The maximum Gasteiger partial charge on any atom is 0.327 e. The molecule has 3 aliphatic carbocycles. The third-order valence-electron chi connectivity index (χ3n) is 16.8. The maximum atomic E-state index is 15.5. The van der Waals surface area contributed by atoms with Gasteiger partial charge in [0.05, 0.1) is 37.0 Å². The van der Waals surface area contributed by atoms with Gasteiger partial charge in [-0.05, 0) is 114 Å². The van der Waals surface area contributed by atoms with Crippen LogP contribution < -0.4 is 10.6 Å². The van der Waals surface area contributed by atoms with Crippen molar-refractivity contribution in [1.29, 1.82) is 0 Å². The molecule has 15 heteroatoms. The molecule has 4 saturated heterocycles. The fourth-order valence-electron chi connectivity index (χ4n) is 13.0. The van der Waals surface area contributed by atoms with Crippen LogP contribution in [0.15, 0.2) is 29.8 Å². The van der Waals surface area contributed by atoms with E-state index in [4.69, 9.17) is 28.5 Å². The van der Waals surface area contributed by atoms with Gasteiger partial charge in [-0.1, -0.05) is 89.3 Å². The van der Waals surface area contributed by atoms with Crippen molar-refractivity contribution in [1.82, 2.24) is 15.7 Å². The lowest BCUT2D eigenvalue weighted by Crippen LogP contribution is -2.71. The van der Waals surface area contributed by atoms with E-state index in [-0.39, 0.29) is 42.9 Å². The van der Waals surface area contributed by atoms with Crippen molar-refractivity contribution in [3.8, 4) is 0 Å². The second-order valence-corrected chi connectivity index (χ2v) is 23.7. The van der Waals surface area contributed by atoms with Gasteiger partial charge in [-0.3, -0.25) is 24.0 Å². The molecule has 2 amide bonds. The fourth-order valence-corrected chi connectivity index (χ4v) is 13.0. The maximum absolute atomic E-state index is 15.5. The number of carbonyl (C=O) groups is 4. The summed E-state index contributed by atoms with van der Waals surface area (Å²) < 4.78 is 32.1. The smallest absolute Gasteiger partial charge is 0.327 e. The van der Waals surface area contributed by atoms with Crippen LogP contribution in [0.25, 0.3) is 6.08 Å². The Labute approximate surface area is 415 Å². The summed E-state index contributed by atoms with van der Waals surface area (Å²) in [5, 5.41) is 28.6. The number of amides is 2. The molecule has 390 valence electrons. The van der Waals surface area contributed by atoms with Crippen molar-refractivity contribution in [3.63, 3.8) is 0 Å². The van der Waals surface area contributed by atoms with Gasteiger partial charge >= 0.3 is 11.9 Å². The number of allylic oxidation sites excluding steroid dienone is 1. The van der Waals surface area contributed by atoms with Crippen LogP contribution in [0.3, 0.4) is 0 Å². The standard InChI is InChI=1S/C55H83N3O12/c1-10-12-16-25-54(26-17-13-11-2)68-44-40-30-55(50(64)57-43(33(3)60)48(62)56-37(32-59)21-23-42(61)67-51(4,5)6)46(49(63)65-40)58(70-47(55)45(44)69-54)31-36-19-15-14-18-34(36)28-35-20-22-41-53(9,66-41)27-24-39-38(35)29-52(39,7)8/h14-15,18-19,28,33,37-41,43-47,59-60H,10-13,16-17,20-27,29-32H2,1-9H3,(H,56,62)(H,57,64)/t33-,37-,38+,39+,40?,41?,43+,44-,45-,46-,47+,53+,55?/m0/s1. The molecule has 4 aliphatic heterocycles. The molecule has 3 saturated carbocycles. The van der Waals surface area contributed by atoms with E-state index in [1.165, 1.54) is 12.5 Å². The van der Waals surface area contributed by atoms with E-state index in [2.05, 4.69) is 57.4 Å². The van der Waals surface area contributed by atoms with Gasteiger partial charge < -0.3 is 44.5 Å². The second-order valence-electron chi connectivity index (χ2n) is 23.7. The van der Waals surface area contributed by atoms with Crippen molar-refractivity contribution >= 4 is 29.8 Å². The van der Waals surface area contributed by atoms with Gasteiger partial charge in [-0.2, -0.15) is 5.06 Å². The lowest BCUT2D eigenvalue weighted by molar-refractivity contribution is -0.224. The minimum absolute atomic E-state index is 0.0365. The molecule has 2 bridgehead atoms. The summed E-state index contributed by atoms with van der Waals surface area (Å²) in [6.45, 7) is 17.6. The summed E-state index contributed by atoms with van der Waals surface area (Å²) in [4.78, 5) is 63.9. The molecule has 8 rings (SSSR count). The average Bonchev–Trinajstić information content (AvgIpc) is 3.57. The molecule has 1 aromatic carbocycles. The number of nitrogens with zero attached hydrogens (tertiary/aromatic N) is 1. The third-order valence-corrected chi connectivity index (χ3v) is 16.8. The molecular weight excluding hydrogens is 895 g/mol. The zero-order valence-corrected chi connectivity index (χ0v) is 43.4. The number of aliphatic hydroxyl groups is 2. The van der Waals surface area contributed by atoms with E-state index in [9.17, 15) is 24.6 Å². The molecule has 7 aliphatic rings. The van der Waals surface area contributed by atoms with Crippen molar-refractivity contribution in [2.24, 2.45) is 22.7 Å². The predicted molar refractivity (Wildman–Crippen MR) is 261 cm³/mol. The first-order chi connectivity index (χ1) is 33.2. The fraction of sp³-hybridized carbons (Fsp3) is 0.782. The highest BCUT2D eigenvalue weighted by Crippen LogP contribution is 2.61. The third kappa shape index (κ3) is 10.8. The minimum Gasteiger partial charge on any atom is -0.460 e. The van der Waals surface area contributed by atoms with Crippen LogP contribution in [-0.4, -0.2) is 117 Å². The molecule has 0 spiro atoms. The Morgan fingerprint density at radius 2 is 1.66 bits per heavy atom. The monoisotopic (exact) mass is 978 g/mol. The molecule has 3 unspecified atom stereocenters. The van der Waals surface area contributed by atoms with Gasteiger partial charge in [-0.25, -0.2) is 0 Å². The number of benzene rings is 1. The Balaban J connectivity index is 1.11. The molecule has 0 radical (unpaired) electrons. The molecule has 15 nitrogen and oxygen atoms in total. The number of esters is 2. The number of ether oxygens (including phenoxy) is 5. The summed E-state index contributed by atoms with van der Waals surface area (Å²) in [5.41, 5.74) is 1.22. The van der Waals surface area contributed by atoms with Crippen molar-refractivity contribution in [2.45, 2.75) is 243 Å². The van der Waals surface area contributed by atoms with E-state index in [0.29, 0.717) is 24.7 Å². The molecule has 0 aromatic heterocycles. The molecule has 7 fully saturated rings. The number of hydrogen-bond acceptors (Lipinski definition) is 13. The molecule has 1 aromatic rings. The summed E-state index contributed by atoms with van der Waals surface area (Å²) in [6.07, 6.45) is 10.1. The SMILES string of the molecule is CCCCCC1(CCCCC)O[C@@H]2[C@H]3ON(Cc4ccccc4C=C4CCC5O[C@]5(C)CC[C@@H]5[C@@H]4CC5(C)C)[C@H]4C(=O)OC(CC34C(=O)N[C@@H](C(=O)N[C@H](CO)CCC(=O)OC(C)(C)C)[C@H](C)O)[C@@H]2O1. The summed E-state index contributed by atoms with van der Waals surface area (Å²) in [5.74, 6) is -2.49. The van der Waals surface area contributed by atoms with Gasteiger partial charge in [-0.15, -0.1) is 0 Å². The lowest BCUT2D eigenvalue weighted by Gasteiger charge is -2.53. The zero-order valence-electron chi connectivity index (χ0n) is 43.4. The number of carbonyl (C=O) groups excluding carboxylic acids is 4. The van der Waals surface area contributed by atoms with E-state index in [0.717, 1.165) is 81.8 Å². The second kappa shape index (κ2) is 20.8. The first kappa shape index (κ1) is 52.9. The molecule has 4 N–H and O–H groups in total.